The maximum Gasteiger partial charge on any atom is 0.415 e. The first-order valence-corrected chi connectivity index (χ1v) is 15.0. The van der Waals surface area contributed by atoms with Crippen LogP contribution >= 0.6 is 0 Å². The second kappa shape index (κ2) is 13.4. The number of nitrogens with zero attached hydrogens (tertiary/aromatic N) is 5. The molecule has 2 heterocycles. The van der Waals surface area contributed by atoms with E-state index in [0.717, 1.165) is 30.7 Å². The molecule has 2 N–H and O–H groups in total. The molecule has 3 aromatic rings. The third kappa shape index (κ3) is 7.12. The molecule has 1 aliphatic heterocycles. The van der Waals surface area contributed by atoms with Gasteiger partial charge in [0, 0.05) is 38.6 Å². The normalized spacial score (nSPS) is 13.3. The lowest BCUT2D eigenvalue weighted by atomic mass is 10.1. The molecular weight excluding hydrogens is 579 g/mol. The molecule has 0 saturated carbocycles. The number of carbonyl (C=O) groups is 2. The van der Waals surface area contributed by atoms with Crippen LogP contribution < -0.4 is 19.3 Å². The maximum atomic E-state index is 13.5. The van der Waals surface area contributed by atoms with Crippen molar-refractivity contribution in [3.8, 4) is 18.2 Å². The Labute approximate surface area is 249 Å². The van der Waals surface area contributed by atoms with Crippen molar-refractivity contribution in [2.75, 3.05) is 40.7 Å². The van der Waals surface area contributed by atoms with Gasteiger partial charge in [-0.3, -0.25) is 0 Å². The first kappa shape index (κ1) is 31.0. The largest absolute Gasteiger partial charge is 0.480 e. The number of likely N-dealkylation sites (tertiary alicyclic amines) is 1. The van der Waals surface area contributed by atoms with Crippen LogP contribution in [-0.2, 0) is 21.2 Å². The van der Waals surface area contributed by atoms with Gasteiger partial charge in [-0.1, -0.05) is 18.6 Å². The number of hydrogen-bond acceptors (Lipinski definition) is 9. The second-order valence-electron chi connectivity index (χ2n) is 9.52. The van der Waals surface area contributed by atoms with Crippen LogP contribution in [0.4, 0.5) is 26.6 Å². The van der Waals surface area contributed by atoms with Crippen LogP contribution in [0.5, 0.6) is 5.75 Å². The number of benzene rings is 2. The monoisotopic (exact) mass is 610 g/mol. The number of anilines is 3. The lowest BCUT2D eigenvalue weighted by Crippen LogP contribution is -2.43. The van der Waals surface area contributed by atoms with E-state index in [2.05, 4.69) is 21.3 Å². The molecule has 1 atom stereocenters. The highest BCUT2D eigenvalue weighted by molar-refractivity contribution is 7.93. The molecule has 4 rings (SSSR count). The Morgan fingerprint density at radius 3 is 2.33 bits per heavy atom. The zero-order valence-corrected chi connectivity index (χ0v) is 24.4. The van der Waals surface area contributed by atoms with Crippen molar-refractivity contribution >= 4 is 39.5 Å². The highest BCUT2D eigenvalue weighted by atomic mass is 32.2. The fourth-order valence-corrected chi connectivity index (χ4v) is 5.44. The van der Waals surface area contributed by atoms with Gasteiger partial charge < -0.3 is 25.0 Å². The quantitative estimate of drug-likeness (QED) is 0.231. The minimum atomic E-state index is -4.42. The first-order chi connectivity index (χ1) is 20.6. The molecule has 226 valence electrons. The second-order valence-corrected chi connectivity index (χ2v) is 11.3. The summed E-state index contributed by atoms with van der Waals surface area (Å²) < 4.78 is 46.3. The predicted molar refractivity (Wildman–Crippen MR) is 158 cm³/mol. The third-order valence-corrected chi connectivity index (χ3v) is 8.43. The number of aliphatic carboxylic acids is 1. The molecule has 0 unspecified atom stereocenters. The number of carbonyl (C=O) groups excluding carboxylic acids is 1. The van der Waals surface area contributed by atoms with Crippen molar-refractivity contribution in [1.29, 1.82) is 0 Å². The molecule has 0 spiro atoms. The molecule has 1 aliphatic rings. The van der Waals surface area contributed by atoms with Crippen LogP contribution in [0.3, 0.4) is 0 Å². The summed E-state index contributed by atoms with van der Waals surface area (Å²) in [6, 6.07) is 11.3. The molecule has 1 amide bonds. The SMILES string of the molecule is C#CN(c1cnc(N(CC)CC)nc1N[C@@H](Cc1ccc(OC(=O)N2CCC2)cc1)C(=O)O)S(=O)(=O)c1ccc(F)cc1. The van der Waals surface area contributed by atoms with Gasteiger partial charge in [0.05, 0.1) is 11.1 Å². The standard InChI is InChI=1S/C29H31FN6O6S/c1-4-34(5-2)28-31-19-25(36(6-3)43(40,41)23-14-10-21(30)11-15-23)26(33-28)32-24(27(37)38)18-20-8-12-22(13-9-20)42-29(39)35-16-7-17-35/h3,8-15,19,24H,4-5,7,16-18H2,1-2H3,(H,37,38)(H,31,32,33)/t24-/m0/s1. The van der Waals surface area contributed by atoms with Crippen molar-refractivity contribution in [3.63, 3.8) is 0 Å². The van der Waals surface area contributed by atoms with Gasteiger partial charge in [0.25, 0.3) is 10.0 Å². The summed E-state index contributed by atoms with van der Waals surface area (Å²) in [6.45, 7) is 6.10. The van der Waals surface area contributed by atoms with Crippen LogP contribution in [0.2, 0.25) is 0 Å². The summed E-state index contributed by atoms with van der Waals surface area (Å²) in [5, 5.41) is 12.9. The summed E-state index contributed by atoms with van der Waals surface area (Å²) in [4.78, 5) is 36.3. The number of aromatic nitrogens is 2. The zero-order valence-electron chi connectivity index (χ0n) is 23.6. The van der Waals surface area contributed by atoms with Crippen LogP contribution in [0.25, 0.3) is 0 Å². The summed E-state index contributed by atoms with van der Waals surface area (Å²) >= 11 is 0. The van der Waals surface area contributed by atoms with Crippen molar-refractivity contribution in [2.24, 2.45) is 0 Å². The Bertz CT molecular complexity index is 1600. The van der Waals surface area contributed by atoms with Gasteiger partial charge in [-0.2, -0.15) is 9.29 Å². The highest BCUT2D eigenvalue weighted by Gasteiger charge is 2.30. The molecule has 0 bridgehead atoms. The number of ether oxygens (including phenoxy) is 1. The number of sulfonamides is 1. The molecule has 0 radical (unpaired) electrons. The van der Waals surface area contributed by atoms with E-state index in [9.17, 15) is 27.5 Å². The average molecular weight is 611 g/mol. The van der Waals surface area contributed by atoms with Gasteiger partial charge in [0.15, 0.2) is 5.82 Å². The summed E-state index contributed by atoms with van der Waals surface area (Å²) in [7, 11) is -4.42. The lowest BCUT2D eigenvalue weighted by Gasteiger charge is -2.29. The van der Waals surface area contributed by atoms with Crippen molar-refractivity contribution in [2.45, 2.75) is 37.6 Å². The van der Waals surface area contributed by atoms with Gasteiger partial charge in [0.1, 0.15) is 23.3 Å². The zero-order chi connectivity index (χ0) is 31.1. The first-order valence-electron chi connectivity index (χ1n) is 13.5. The number of halogens is 1. The fourth-order valence-electron chi connectivity index (χ4n) is 4.22. The number of rotatable bonds is 12. The lowest BCUT2D eigenvalue weighted by molar-refractivity contribution is -0.137. The molecular formula is C29H31FN6O6S. The highest BCUT2D eigenvalue weighted by Crippen LogP contribution is 2.31. The number of carboxylic acid groups (broad SMARTS) is 1. The number of hydrogen-bond donors (Lipinski definition) is 2. The average Bonchev–Trinajstić information content (AvgIpc) is 2.94. The Hall–Kier alpha value is -4.90. The number of amides is 1. The van der Waals surface area contributed by atoms with E-state index < -0.39 is 33.9 Å². The van der Waals surface area contributed by atoms with E-state index in [-0.39, 0.29) is 28.8 Å². The smallest absolute Gasteiger partial charge is 0.415 e. The Morgan fingerprint density at radius 1 is 1.14 bits per heavy atom. The van der Waals surface area contributed by atoms with Crippen LogP contribution in [0.15, 0.2) is 59.6 Å². The summed E-state index contributed by atoms with van der Waals surface area (Å²) in [5.74, 6) is -1.46. The summed E-state index contributed by atoms with van der Waals surface area (Å²) in [6.07, 6.45) is 7.29. The molecule has 43 heavy (non-hydrogen) atoms. The Kier molecular flexibility index (Phi) is 9.66. The van der Waals surface area contributed by atoms with Crippen molar-refractivity contribution in [3.05, 3.63) is 66.1 Å². The maximum absolute atomic E-state index is 13.5. The minimum absolute atomic E-state index is 0.0412. The topological polar surface area (TPSA) is 145 Å². The van der Waals surface area contributed by atoms with Gasteiger partial charge in [-0.15, -0.1) is 0 Å². The van der Waals surface area contributed by atoms with Crippen LogP contribution in [0.1, 0.15) is 25.8 Å². The molecule has 1 fully saturated rings. The molecule has 1 aromatic heterocycles. The molecule has 1 saturated heterocycles. The summed E-state index contributed by atoms with van der Waals surface area (Å²) in [5.41, 5.74) is 0.401. The van der Waals surface area contributed by atoms with Gasteiger partial charge in [-0.25, -0.2) is 27.4 Å². The van der Waals surface area contributed by atoms with E-state index >= 15 is 0 Å². The predicted octanol–water partition coefficient (Wildman–Crippen LogP) is 3.56. The van der Waals surface area contributed by atoms with Crippen molar-refractivity contribution in [1.82, 2.24) is 14.9 Å². The number of terminal acetylenes is 1. The minimum Gasteiger partial charge on any atom is -0.480 e. The Balaban J connectivity index is 1.65. The van der Waals surface area contributed by atoms with E-state index in [4.69, 9.17) is 11.2 Å². The molecule has 0 aliphatic carbocycles. The van der Waals surface area contributed by atoms with E-state index in [1.165, 1.54) is 6.20 Å². The molecule has 2 aromatic carbocycles. The van der Waals surface area contributed by atoms with Gasteiger partial charge in [-0.05, 0) is 62.2 Å². The number of carboxylic acids is 1. The molecule has 12 nitrogen and oxygen atoms in total. The van der Waals surface area contributed by atoms with E-state index in [1.54, 1.807) is 34.1 Å². The Morgan fingerprint density at radius 2 is 1.79 bits per heavy atom. The van der Waals surface area contributed by atoms with E-state index in [1.807, 2.05) is 13.8 Å². The fraction of sp³-hybridized carbons (Fsp3) is 0.310. The number of nitrogens with one attached hydrogen (secondary N) is 1. The van der Waals surface area contributed by atoms with Crippen LogP contribution in [-0.4, -0.2) is 72.7 Å². The third-order valence-electron chi connectivity index (χ3n) is 6.78. The van der Waals surface area contributed by atoms with E-state index in [0.29, 0.717) is 41.8 Å². The van der Waals surface area contributed by atoms with Crippen molar-refractivity contribution < 1.29 is 32.2 Å². The van der Waals surface area contributed by atoms with Gasteiger partial charge in [0.2, 0.25) is 5.95 Å². The molecule has 14 heteroatoms. The van der Waals surface area contributed by atoms with Gasteiger partial charge >= 0.3 is 12.1 Å². The van der Waals surface area contributed by atoms with Crippen LogP contribution in [0, 0.1) is 18.3 Å².